The maximum atomic E-state index is 13.0. The van der Waals surface area contributed by atoms with E-state index in [1.165, 1.54) is 12.4 Å². The van der Waals surface area contributed by atoms with Crippen molar-refractivity contribution in [1.29, 1.82) is 0 Å². The Morgan fingerprint density at radius 1 is 1.03 bits per heavy atom. The van der Waals surface area contributed by atoms with Crippen LogP contribution in [0.4, 0.5) is 32.0 Å². The largest absolute Gasteiger partial charge is 0.416 e. The van der Waals surface area contributed by atoms with Gasteiger partial charge < -0.3 is 0 Å². The molecule has 0 bridgehead atoms. The Labute approximate surface area is 170 Å². The van der Waals surface area contributed by atoms with Gasteiger partial charge >= 0.3 is 12.4 Å². The number of pyridine rings is 1. The minimum absolute atomic E-state index is 0.0139. The molecule has 1 aromatic carbocycles. The topological polar surface area (TPSA) is 84.7 Å². The number of rotatable bonds is 5. The Morgan fingerprint density at radius 3 is 2.29 bits per heavy atom. The molecule has 3 aromatic rings. The van der Waals surface area contributed by atoms with Gasteiger partial charge in [0.05, 0.1) is 23.0 Å². The van der Waals surface area contributed by atoms with Crippen molar-refractivity contribution in [2.45, 2.75) is 12.4 Å². The molecular weight excluding hydrogens is 430 g/mol. The number of halogens is 6. The summed E-state index contributed by atoms with van der Waals surface area (Å²) in [7, 11) is 0. The molecule has 0 saturated heterocycles. The van der Waals surface area contributed by atoms with Gasteiger partial charge in [0.1, 0.15) is 6.33 Å². The molecule has 162 valence electrons. The highest BCUT2D eigenvalue weighted by atomic mass is 19.4. The number of nitrogens with one attached hydrogen (secondary N) is 2. The van der Waals surface area contributed by atoms with E-state index in [0.29, 0.717) is 17.8 Å². The summed E-state index contributed by atoms with van der Waals surface area (Å²) in [6.07, 6.45) is -3.81. The minimum Gasteiger partial charge on any atom is -0.297 e. The van der Waals surface area contributed by atoms with Crippen molar-refractivity contribution in [3.8, 4) is 11.4 Å². The lowest BCUT2D eigenvalue weighted by molar-refractivity contribution is -0.143. The smallest absolute Gasteiger partial charge is 0.297 e. The van der Waals surface area contributed by atoms with E-state index < -0.39 is 35.0 Å². The zero-order chi connectivity index (χ0) is 22.6. The molecule has 1 amide bonds. The van der Waals surface area contributed by atoms with E-state index in [-0.39, 0.29) is 11.9 Å². The molecule has 0 radical (unpaired) electrons. The second-order valence-electron chi connectivity index (χ2n) is 6.01. The quantitative estimate of drug-likeness (QED) is 0.355. The lowest BCUT2D eigenvalue weighted by atomic mass is 10.0. The van der Waals surface area contributed by atoms with Crippen LogP contribution in [0, 0.1) is 0 Å². The summed E-state index contributed by atoms with van der Waals surface area (Å²) in [6.45, 7) is 0. The van der Waals surface area contributed by atoms with E-state index >= 15 is 0 Å². The number of anilines is 1. The number of alkyl halides is 6. The van der Waals surface area contributed by atoms with Crippen LogP contribution < -0.4 is 10.9 Å². The van der Waals surface area contributed by atoms with Gasteiger partial charge in [-0.25, -0.2) is 9.67 Å². The van der Waals surface area contributed by atoms with Crippen LogP contribution in [0.3, 0.4) is 0 Å². The predicted octanol–water partition coefficient (Wildman–Crippen LogP) is 3.99. The SMILES string of the molecule is O=C(C=Cn1cnc(-c2cc(C(F)(F)F)cc(C(F)(F)F)c2)n1)NNc1cccnc1. The number of nitrogens with zero attached hydrogens (tertiary/aromatic N) is 4. The Kier molecular flexibility index (Phi) is 5.95. The number of benzene rings is 1. The molecule has 0 unspecified atom stereocenters. The molecule has 3 rings (SSSR count). The first kappa shape index (κ1) is 21.8. The first-order valence-corrected chi connectivity index (χ1v) is 8.37. The van der Waals surface area contributed by atoms with Crippen LogP contribution in [0.25, 0.3) is 17.6 Å². The van der Waals surface area contributed by atoms with Gasteiger partial charge in [0.15, 0.2) is 5.82 Å². The predicted molar refractivity (Wildman–Crippen MR) is 96.8 cm³/mol. The summed E-state index contributed by atoms with van der Waals surface area (Å²) in [6, 6.07) is 4.33. The van der Waals surface area contributed by atoms with Gasteiger partial charge in [-0.15, -0.1) is 5.10 Å². The second kappa shape index (κ2) is 8.45. The molecular formula is C18H12F6N6O. The maximum absolute atomic E-state index is 13.0. The number of hydrogen-bond acceptors (Lipinski definition) is 5. The summed E-state index contributed by atoms with van der Waals surface area (Å²) < 4.78 is 78.9. The second-order valence-corrected chi connectivity index (χ2v) is 6.01. The van der Waals surface area contributed by atoms with Gasteiger partial charge in [0.2, 0.25) is 0 Å². The molecule has 0 saturated carbocycles. The molecule has 0 spiro atoms. The molecule has 0 aliphatic heterocycles. The number of aromatic nitrogens is 4. The average molecular weight is 442 g/mol. The summed E-state index contributed by atoms with van der Waals surface area (Å²) in [4.78, 5) is 19.3. The van der Waals surface area contributed by atoms with Gasteiger partial charge in [-0.1, -0.05) is 0 Å². The Hall–Kier alpha value is -3.90. The molecule has 2 aromatic heterocycles. The fourth-order valence-corrected chi connectivity index (χ4v) is 2.32. The Balaban J connectivity index is 1.77. The summed E-state index contributed by atoms with van der Waals surface area (Å²) in [5.41, 5.74) is 1.98. The van der Waals surface area contributed by atoms with Gasteiger partial charge in [-0.05, 0) is 30.3 Å². The Morgan fingerprint density at radius 2 is 1.71 bits per heavy atom. The van der Waals surface area contributed by atoms with Crippen LogP contribution in [0.2, 0.25) is 0 Å². The third-order valence-electron chi connectivity index (χ3n) is 3.72. The highest BCUT2D eigenvalue weighted by molar-refractivity contribution is 5.90. The summed E-state index contributed by atoms with van der Waals surface area (Å²) in [5.74, 6) is -0.991. The van der Waals surface area contributed by atoms with E-state index in [4.69, 9.17) is 0 Å². The highest BCUT2D eigenvalue weighted by Gasteiger charge is 2.37. The molecule has 0 aliphatic carbocycles. The zero-order valence-electron chi connectivity index (χ0n) is 15.2. The van der Waals surface area contributed by atoms with Gasteiger partial charge in [0, 0.05) is 24.0 Å². The Bertz CT molecular complexity index is 1060. The van der Waals surface area contributed by atoms with Gasteiger partial charge in [0.25, 0.3) is 5.91 Å². The van der Waals surface area contributed by atoms with E-state index in [9.17, 15) is 31.1 Å². The van der Waals surface area contributed by atoms with Gasteiger partial charge in [-0.2, -0.15) is 26.3 Å². The summed E-state index contributed by atoms with van der Waals surface area (Å²) >= 11 is 0. The molecule has 2 N–H and O–H groups in total. The summed E-state index contributed by atoms with van der Waals surface area (Å²) in [5, 5.41) is 3.79. The zero-order valence-corrected chi connectivity index (χ0v) is 15.2. The molecule has 0 atom stereocenters. The fraction of sp³-hybridized carbons (Fsp3) is 0.111. The minimum atomic E-state index is -4.99. The van der Waals surface area contributed by atoms with Crippen molar-refractivity contribution in [2.75, 3.05) is 5.43 Å². The molecule has 0 aliphatic rings. The normalized spacial score (nSPS) is 12.2. The van der Waals surface area contributed by atoms with Gasteiger partial charge in [-0.3, -0.25) is 20.6 Å². The van der Waals surface area contributed by atoms with Crippen LogP contribution in [0.15, 0.2) is 55.1 Å². The van der Waals surface area contributed by atoms with Crippen molar-refractivity contribution in [3.63, 3.8) is 0 Å². The van der Waals surface area contributed by atoms with Crippen LogP contribution in [-0.2, 0) is 17.1 Å². The fourth-order valence-electron chi connectivity index (χ4n) is 2.32. The number of carbonyl (C=O) groups excluding carboxylic acids is 1. The lowest BCUT2D eigenvalue weighted by Gasteiger charge is -2.13. The molecule has 31 heavy (non-hydrogen) atoms. The number of hydrazine groups is 1. The molecule has 13 heteroatoms. The molecule has 7 nitrogen and oxygen atoms in total. The van der Waals surface area contributed by atoms with Crippen molar-refractivity contribution in [2.24, 2.45) is 0 Å². The highest BCUT2D eigenvalue weighted by Crippen LogP contribution is 2.38. The van der Waals surface area contributed by atoms with Crippen LogP contribution in [-0.4, -0.2) is 25.7 Å². The third-order valence-corrected chi connectivity index (χ3v) is 3.72. The van der Waals surface area contributed by atoms with Crippen LogP contribution in [0.5, 0.6) is 0 Å². The van der Waals surface area contributed by atoms with E-state index in [1.54, 1.807) is 12.1 Å². The van der Waals surface area contributed by atoms with Crippen LogP contribution >= 0.6 is 0 Å². The standard InChI is InChI=1S/C18H12F6N6O/c19-17(20,21)12-6-11(7-13(8-12)18(22,23)24)16-26-10-30(29-16)5-3-15(31)28-27-14-2-1-4-25-9-14/h1-10,27H,(H,28,31). The first-order chi connectivity index (χ1) is 14.5. The number of hydrogen-bond donors (Lipinski definition) is 2. The maximum Gasteiger partial charge on any atom is 0.416 e. The van der Waals surface area contributed by atoms with E-state index in [0.717, 1.165) is 23.3 Å². The van der Waals surface area contributed by atoms with E-state index in [2.05, 4.69) is 25.9 Å². The number of amides is 1. The van der Waals surface area contributed by atoms with Crippen molar-refractivity contribution >= 4 is 17.8 Å². The van der Waals surface area contributed by atoms with Crippen molar-refractivity contribution in [3.05, 3.63) is 66.3 Å². The first-order valence-electron chi connectivity index (χ1n) is 8.37. The molecule has 2 heterocycles. The number of carbonyl (C=O) groups is 1. The van der Waals surface area contributed by atoms with Crippen molar-refractivity contribution < 1.29 is 31.1 Å². The molecule has 0 fully saturated rings. The van der Waals surface area contributed by atoms with Crippen molar-refractivity contribution in [1.82, 2.24) is 25.2 Å². The average Bonchev–Trinajstić information content (AvgIpc) is 3.19. The van der Waals surface area contributed by atoms with E-state index in [1.807, 2.05) is 0 Å². The lowest BCUT2D eigenvalue weighted by Crippen LogP contribution is -2.27. The third kappa shape index (κ3) is 5.81. The van der Waals surface area contributed by atoms with Crippen LogP contribution in [0.1, 0.15) is 11.1 Å². The monoisotopic (exact) mass is 442 g/mol.